The standard InChI is InChI=1S/C16H21FO2/c1-2-3-4-5-11-6-12(18)14(13(19)7-11)15-8-16(17,9-15)10-15/h6-7,18-19H,2-5,8-10H2,1H3. The molecule has 0 aliphatic heterocycles. The van der Waals surface area contributed by atoms with Gasteiger partial charge in [0.15, 0.2) is 0 Å². The van der Waals surface area contributed by atoms with Crippen LogP contribution in [0.4, 0.5) is 4.39 Å². The van der Waals surface area contributed by atoms with Crippen LogP contribution in [0.2, 0.25) is 0 Å². The van der Waals surface area contributed by atoms with Crippen LogP contribution in [0.1, 0.15) is 56.6 Å². The fourth-order valence-electron chi connectivity index (χ4n) is 3.86. The van der Waals surface area contributed by atoms with Crippen molar-refractivity contribution >= 4 is 0 Å². The normalized spacial score (nSPS) is 31.7. The fourth-order valence-corrected chi connectivity index (χ4v) is 3.86. The second kappa shape index (κ2) is 4.12. The molecule has 3 heteroatoms. The third-order valence-electron chi connectivity index (χ3n) is 4.72. The van der Waals surface area contributed by atoms with Crippen LogP contribution in [-0.4, -0.2) is 15.9 Å². The summed E-state index contributed by atoms with van der Waals surface area (Å²) in [6, 6.07) is 3.49. The topological polar surface area (TPSA) is 40.5 Å². The maximum absolute atomic E-state index is 13.6. The van der Waals surface area contributed by atoms with E-state index in [4.69, 9.17) is 0 Å². The molecule has 4 rings (SSSR count). The van der Waals surface area contributed by atoms with Gasteiger partial charge in [-0.1, -0.05) is 19.8 Å². The fraction of sp³-hybridized carbons (Fsp3) is 0.625. The van der Waals surface area contributed by atoms with Crippen LogP contribution in [0.25, 0.3) is 0 Å². The Balaban J connectivity index is 1.79. The molecular formula is C16H21FO2. The van der Waals surface area contributed by atoms with Crippen LogP contribution in [0.5, 0.6) is 11.5 Å². The summed E-state index contributed by atoms with van der Waals surface area (Å²) >= 11 is 0. The van der Waals surface area contributed by atoms with Crippen LogP contribution >= 0.6 is 0 Å². The van der Waals surface area contributed by atoms with Gasteiger partial charge < -0.3 is 10.2 Å². The van der Waals surface area contributed by atoms with E-state index in [0.717, 1.165) is 31.2 Å². The molecule has 0 radical (unpaired) electrons. The highest BCUT2D eigenvalue weighted by molar-refractivity contribution is 5.56. The van der Waals surface area contributed by atoms with Gasteiger partial charge in [-0.3, -0.25) is 0 Å². The number of hydrogen-bond acceptors (Lipinski definition) is 2. The highest BCUT2D eigenvalue weighted by atomic mass is 19.1. The van der Waals surface area contributed by atoms with Crippen molar-refractivity contribution in [3.05, 3.63) is 23.3 Å². The number of benzene rings is 1. The van der Waals surface area contributed by atoms with E-state index < -0.39 is 5.67 Å². The van der Waals surface area contributed by atoms with Crippen molar-refractivity contribution in [3.63, 3.8) is 0 Å². The first kappa shape index (κ1) is 12.8. The second-order valence-corrected chi connectivity index (χ2v) is 6.43. The van der Waals surface area contributed by atoms with Crippen LogP contribution in [0.15, 0.2) is 12.1 Å². The largest absolute Gasteiger partial charge is 0.507 e. The van der Waals surface area contributed by atoms with Gasteiger partial charge in [0.05, 0.1) is 0 Å². The maximum atomic E-state index is 13.6. The highest BCUT2D eigenvalue weighted by Gasteiger charge is 2.71. The van der Waals surface area contributed by atoms with Gasteiger partial charge in [-0.15, -0.1) is 0 Å². The molecule has 3 aliphatic rings. The van der Waals surface area contributed by atoms with Gasteiger partial charge in [-0.05, 0) is 49.8 Å². The Morgan fingerprint density at radius 3 is 2.16 bits per heavy atom. The van der Waals surface area contributed by atoms with Crippen molar-refractivity contribution in [2.75, 3.05) is 0 Å². The molecule has 1 aromatic carbocycles. The average Bonchev–Trinajstić information content (AvgIpc) is 2.24. The Kier molecular flexibility index (Phi) is 2.77. The number of alkyl halides is 1. The van der Waals surface area contributed by atoms with Crippen LogP contribution < -0.4 is 0 Å². The monoisotopic (exact) mass is 264 g/mol. The van der Waals surface area contributed by atoms with Gasteiger partial charge in [0, 0.05) is 11.0 Å². The number of aromatic hydroxyl groups is 2. The van der Waals surface area contributed by atoms with E-state index in [1.807, 2.05) is 0 Å². The van der Waals surface area contributed by atoms with Crippen LogP contribution in [0, 0.1) is 0 Å². The molecule has 0 unspecified atom stereocenters. The molecule has 0 amide bonds. The van der Waals surface area contributed by atoms with Gasteiger partial charge in [-0.25, -0.2) is 4.39 Å². The Bertz CT molecular complexity index is 467. The van der Waals surface area contributed by atoms with E-state index in [2.05, 4.69) is 6.92 Å². The number of unbranched alkanes of at least 4 members (excludes halogenated alkanes) is 2. The number of halogens is 1. The van der Waals surface area contributed by atoms with Gasteiger partial charge in [0.2, 0.25) is 0 Å². The minimum absolute atomic E-state index is 0.147. The van der Waals surface area contributed by atoms with Crippen molar-refractivity contribution in [1.29, 1.82) is 0 Å². The second-order valence-electron chi connectivity index (χ2n) is 6.43. The van der Waals surface area contributed by atoms with E-state index in [9.17, 15) is 14.6 Å². The lowest BCUT2D eigenvalue weighted by atomic mass is 9.40. The molecule has 3 aliphatic carbocycles. The summed E-state index contributed by atoms with van der Waals surface area (Å²) in [5.74, 6) is 0.293. The van der Waals surface area contributed by atoms with Crippen molar-refractivity contribution in [3.8, 4) is 11.5 Å². The van der Waals surface area contributed by atoms with E-state index in [-0.39, 0.29) is 16.9 Å². The lowest BCUT2D eigenvalue weighted by molar-refractivity contribution is -0.159. The molecule has 2 nitrogen and oxygen atoms in total. The number of aryl methyl sites for hydroxylation is 1. The molecular weight excluding hydrogens is 243 g/mol. The molecule has 2 N–H and O–H groups in total. The summed E-state index contributed by atoms with van der Waals surface area (Å²) in [4.78, 5) is 0. The molecule has 0 atom stereocenters. The summed E-state index contributed by atoms with van der Waals surface area (Å²) in [6.45, 7) is 2.15. The quantitative estimate of drug-likeness (QED) is 0.790. The van der Waals surface area contributed by atoms with E-state index >= 15 is 0 Å². The number of rotatable bonds is 5. The highest BCUT2D eigenvalue weighted by Crippen LogP contribution is 2.72. The summed E-state index contributed by atoms with van der Waals surface area (Å²) in [7, 11) is 0. The Labute approximate surface area is 113 Å². The smallest absolute Gasteiger partial charge is 0.123 e. The van der Waals surface area contributed by atoms with E-state index in [1.54, 1.807) is 12.1 Å². The predicted molar refractivity (Wildman–Crippen MR) is 72.4 cm³/mol. The summed E-state index contributed by atoms with van der Waals surface area (Å²) in [6.07, 6.45) is 5.60. The predicted octanol–water partition coefficient (Wildman–Crippen LogP) is 3.97. The molecule has 2 bridgehead atoms. The zero-order chi connectivity index (χ0) is 13.7. The van der Waals surface area contributed by atoms with Gasteiger partial charge in [-0.2, -0.15) is 0 Å². The molecule has 104 valence electrons. The van der Waals surface area contributed by atoms with Crippen LogP contribution in [0.3, 0.4) is 0 Å². The SMILES string of the molecule is CCCCCc1cc(O)c(C23CC(F)(C2)C3)c(O)c1. The Morgan fingerprint density at radius 1 is 1.11 bits per heavy atom. The lowest BCUT2D eigenvalue weighted by Gasteiger charge is -2.66. The number of phenols is 2. The number of hydrogen-bond donors (Lipinski definition) is 2. The summed E-state index contributed by atoms with van der Waals surface area (Å²) < 4.78 is 13.6. The molecule has 0 saturated heterocycles. The Hall–Kier alpha value is -1.25. The maximum Gasteiger partial charge on any atom is 0.123 e. The Morgan fingerprint density at radius 2 is 1.68 bits per heavy atom. The van der Waals surface area contributed by atoms with Crippen molar-refractivity contribution in [2.24, 2.45) is 0 Å². The number of phenolic OH excluding ortho intramolecular Hbond substituents is 2. The third kappa shape index (κ3) is 1.90. The molecule has 3 saturated carbocycles. The zero-order valence-corrected chi connectivity index (χ0v) is 11.4. The average molecular weight is 264 g/mol. The zero-order valence-electron chi connectivity index (χ0n) is 11.4. The van der Waals surface area contributed by atoms with Gasteiger partial charge in [0.1, 0.15) is 17.2 Å². The summed E-state index contributed by atoms with van der Waals surface area (Å²) in [5, 5.41) is 20.3. The first-order valence-corrected chi connectivity index (χ1v) is 7.22. The molecule has 1 aromatic rings. The summed E-state index contributed by atoms with van der Waals surface area (Å²) in [5.41, 5.74) is 0.240. The van der Waals surface area contributed by atoms with Crippen molar-refractivity contribution in [2.45, 2.75) is 63.0 Å². The minimum atomic E-state index is -1.02. The van der Waals surface area contributed by atoms with Gasteiger partial charge >= 0.3 is 0 Å². The minimum Gasteiger partial charge on any atom is -0.507 e. The third-order valence-corrected chi connectivity index (χ3v) is 4.72. The van der Waals surface area contributed by atoms with Crippen molar-refractivity contribution < 1.29 is 14.6 Å². The molecule has 0 spiro atoms. The lowest BCUT2D eigenvalue weighted by Crippen LogP contribution is -2.67. The van der Waals surface area contributed by atoms with Gasteiger partial charge in [0.25, 0.3) is 0 Å². The molecule has 0 aromatic heterocycles. The van der Waals surface area contributed by atoms with Crippen molar-refractivity contribution in [1.82, 2.24) is 0 Å². The van der Waals surface area contributed by atoms with E-state index in [0.29, 0.717) is 24.8 Å². The van der Waals surface area contributed by atoms with E-state index in [1.165, 1.54) is 0 Å². The first-order valence-electron chi connectivity index (χ1n) is 7.22. The molecule has 0 heterocycles. The first-order chi connectivity index (χ1) is 8.98. The molecule has 3 fully saturated rings. The molecule has 19 heavy (non-hydrogen) atoms. The van der Waals surface area contributed by atoms with Crippen LogP contribution in [-0.2, 0) is 11.8 Å².